The molecule has 3 rings (SSSR count). The lowest BCUT2D eigenvalue weighted by Crippen LogP contribution is -1.91. The Kier molecular flexibility index (Phi) is 2.53. The lowest BCUT2D eigenvalue weighted by atomic mass is 10.1. The molecule has 0 aliphatic carbocycles. The summed E-state index contributed by atoms with van der Waals surface area (Å²) in [4.78, 5) is 7.68. The lowest BCUT2D eigenvalue weighted by Gasteiger charge is -1.99. The molecule has 0 unspecified atom stereocenters. The van der Waals surface area contributed by atoms with Crippen molar-refractivity contribution < 1.29 is 0 Å². The third-order valence-corrected chi connectivity index (χ3v) is 3.13. The van der Waals surface area contributed by atoms with E-state index in [9.17, 15) is 0 Å². The molecule has 0 amide bonds. The lowest BCUT2D eigenvalue weighted by molar-refractivity contribution is 0.846. The van der Waals surface area contributed by atoms with Crippen molar-refractivity contribution in [2.45, 2.75) is 5.16 Å². The molecule has 0 aliphatic heterocycles. The van der Waals surface area contributed by atoms with Gasteiger partial charge in [-0.3, -0.25) is 0 Å². The molecule has 0 atom stereocenters. The smallest absolute Gasteiger partial charge is 0.209 e. The average molecular weight is 242 g/mol. The van der Waals surface area contributed by atoms with E-state index in [2.05, 4.69) is 26.2 Å². The van der Waals surface area contributed by atoms with Crippen LogP contribution in [0.5, 0.6) is 0 Å². The Bertz CT molecular complexity index is 662. The Morgan fingerprint density at radius 3 is 3.00 bits per heavy atom. The number of hydrogen-bond acceptors (Lipinski definition) is 4. The predicted octanol–water partition coefficient (Wildman–Crippen LogP) is 2.74. The quantitative estimate of drug-likeness (QED) is 0.702. The van der Waals surface area contributed by atoms with Gasteiger partial charge in [-0.25, -0.2) is 4.98 Å². The summed E-state index contributed by atoms with van der Waals surface area (Å²) in [6.45, 7) is 0. The van der Waals surface area contributed by atoms with Gasteiger partial charge < -0.3 is 4.98 Å². The first-order chi connectivity index (χ1) is 8.38. The van der Waals surface area contributed by atoms with Gasteiger partial charge in [0.2, 0.25) is 5.16 Å². The number of H-pyrrole nitrogens is 1. The Labute approximate surface area is 102 Å². The minimum absolute atomic E-state index is 0.688. The van der Waals surface area contributed by atoms with E-state index in [-0.39, 0.29) is 0 Å². The fourth-order valence-corrected chi connectivity index (χ4v) is 2.11. The normalized spacial score (nSPS) is 10.9. The number of aromatic nitrogens is 4. The highest BCUT2D eigenvalue weighted by Gasteiger charge is 2.08. The van der Waals surface area contributed by atoms with Gasteiger partial charge >= 0.3 is 0 Å². The van der Waals surface area contributed by atoms with Crippen LogP contribution in [-0.4, -0.2) is 26.4 Å². The number of nitrogens with one attached hydrogen (secondary N) is 1. The Hall–Kier alpha value is -1.88. The topological polar surface area (TPSA) is 54.5 Å². The van der Waals surface area contributed by atoms with E-state index in [0.29, 0.717) is 5.16 Å². The fourth-order valence-electron chi connectivity index (χ4n) is 1.79. The van der Waals surface area contributed by atoms with Crippen molar-refractivity contribution in [1.82, 2.24) is 20.2 Å². The molecule has 1 N–H and O–H groups in total. The molecular formula is C12H10N4S. The second kappa shape index (κ2) is 4.18. The first kappa shape index (κ1) is 10.3. The Morgan fingerprint density at radius 2 is 2.12 bits per heavy atom. The number of thioether (sulfide) groups is 1. The number of benzene rings is 1. The first-order valence-electron chi connectivity index (χ1n) is 5.18. The van der Waals surface area contributed by atoms with Crippen LogP contribution in [0.2, 0.25) is 0 Å². The number of fused-ring (bicyclic) bond motifs is 1. The molecule has 4 nitrogen and oxygen atoms in total. The highest BCUT2D eigenvalue weighted by Crippen LogP contribution is 2.26. The molecule has 5 heteroatoms. The van der Waals surface area contributed by atoms with Gasteiger partial charge in [0.15, 0.2) is 0 Å². The SMILES string of the molecule is CSc1nncc(-c2c[nH]c3ccccc23)n1. The van der Waals surface area contributed by atoms with Crippen LogP contribution in [0, 0.1) is 0 Å². The minimum atomic E-state index is 0.688. The van der Waals surface area contributed by atoms with E-state index in [0.717, 1.165) is 22.2 Å². The molecule has 84 valence electrons. The number of nitrogens with zero attached hydrogens (tertiary/aromatic N) is 3. The van der Waals surface area contributed by atoms with Crippen LogP contribution in [0.1, 0.15) is 0 Å². The highest BCUT2D eigenvalue weighted by atomic mass is 32.2. The maximum Gasteiger partial charge on any atom is 0.209 e. The van der Waals surface area contributed by atoms with Crippen molar-refractivity contribution in [2.75, 3.05) is 6.26 Å². The van der Waals surface area contributed by atoms with E-state index in [1.165, 1.54) is 11.8 Å². The Morgan fingerprint density at radius 1 is 1.24 bits per heavy atom. The van der Waals surface area contributed by atoms with Gasteiger partial charge in [-0.05, 0) is 12.3 Å². The van der Waals surface area contributed by atoms with E-state index >= 15 is 0 Å². The molecular weight excluding hydrogens is 232 g/mol. The van der Waals surface area contributed by atoms with Gasteiger partial charge in [0.05, 0.1) is 11.9 Å². The van der Waals surface area contributed by atoms with Gasteiger partial charge in [0, 0.05) is 22.7 Å². The van der Waals surface area contributed by atoms with Gasteiger partial charge in [-0.15, -0.1) is 5.10 Å². The molecule has 2 heterocycles. The fraction of sp³-hybridized carbons (Fsp3) is 0.0833. The van der Waals surface area contributed by atoms with Crippen LogP contribution in [0.25, 0.3) is 22.2 Å². The average Bonchev–Trinajstić information content (AvgIpc) is 2.82. The summed E-state index contributed by atoms with van der Waals surface area (Å²) in [5.41, 5.74) is 3.01. The summed E-state index contributed by atoms with van der Waals surface area (Å²) < 4.78 is 0. The molecule has 3 aromatic rings. The molecule has 2 aromatic heterocycles. The molecule has 0 fully saturated rings. The van der Waals surface area contributed by atoms with Gasteiger partial charge in [0.1, 0.15) is 0 Å². The van der Waals surface area contributed by atoms with Gasteiger partial charge in [0.25, 0.3) is 0 Å². The summed E-state index contributed by atoms with van der Waals surface area (Å²) in [6, 6.07) is 8.14. The van der Waals surface area contributed by atoms with E-state index in [1.54, 1.807) is 6.20 Å². The number of rotatable bonds is 2. The van der Waals surface area contributed by atoms with Gasteiger partial charge in [-0.2, -0.15) is 5.10 Å². The zero-order valence-electron chi connectivity index (χ0n) is 9.21. The number of aromatic amines is 1. The molecule has 0 bridgehead atoms. The molecule has 0 radical (unpaired) electrons. The Balaban J connectivity index is 2.20. The largest absolute Gasteiger partial charge is 0.360 e. The predicted molar refractivity (Wildman–Crippen MR) is 68.9 cm³/mol. The third kappa shape index (κ3) is 1.78. The maximum absolute atomic E-state index is 4.45. The van der Waals surface area contributed by atoms with Crippen LogP contribution in [-0.2, 0) is 0 Å². The summed E-state index contributed by atoms with van der Waals surface area (Å²) in [5, 5.41) is 9.75. The first-order valence-corrected chi connectivity index (χ1v) is 6.41. The molecule has 0 saturated carbocycles. The summed E-state index contributed by atoms with van der Waals surface area (Å²) in [5.74, 6) is 0. The van der Waals surface area contributed by atoms with E-state index in [4.69, 9.17) is 0 Å². The molecule has 0 spiro atoms. The van der Waals surface area contributed by atoms with Crippen LogP contribution in [0.4, 0.5) is 0 Å². The van der Waals surface area contributed by atoms with Crippen LogP contribution in [0.15, 0.2) is 41.8 Å². The van der Waals surface area contributed by atoms with Crippen LogP contribution in [0.3, 0.4) is 0 Å². The van der Waals surface area contributed by atoms with E-state index < -0.39 is 0 Å². The van der Waals surface area contributed by atoms with Crippen LogP contribution < -0.4 is 0 Å². The molecule has 0 aliphatic rings. The number of hydrogen-bond donors (Lipinski definition) is 1. The summed E-state index contributed by atoms with van der Waals surface area (Å²) in [7, 11) is 0. The number of para-hydroxylation sites is 1. The van der Waals surface area contributed by atoms with Crippen LogP contribution >= 0.6 is 11.8 Å². The zero-order valence-corrected chi connectivity index (χ0v) is 10.0. The maximum atomic E-state index is 4.45. The monoisotopic (exact) mass is 242 g/mol. The second-order valence-corrected chi connectivity index (χ2v) is 4.35. The molecule has 0 saturated heterocycles. The van der Waals surface area contributed by atoms with E-state index in [1.807, 2.05) is 30.7 Å². The van der Waals surface area contributed by atoms with Crippen molar-refractivity contribution >= 4 is 22.7 Å². The standard InChI is InChI=1S/C12H10N4S/c1-17-12-15-11(7-14-16-12)9-6-13-10-5-3-2-4-8(9)10/h2-7,13H,1H3. The van der Waals surface area contributed by atoms with Crippen molar-refractivity contribution in [1.29, 1.82) is 0 Å². The molecule has 17 heavy (non-hydrogen) atoms. The zero-order chi connectivity index (χ0) is 11.7. The minimum Gasteiger partial charge on any atom is -0.360 e. The summed E-state index contributed by atoms with van der Waals surface area (Å²) in [6.07, 6.45) is 5.59. The third-order valence-electron chi connectivity index (χ3n) is 2.59. The van der Waals surface area contributed by atoms with Gasteiger partial charge in [-0.1, -0.05) is 30.0 Å². The summed E-state index contributed by atoms with van der Waals surface area (Å²) >= 11 is 1.49. The van der Waals surface area contributed by atoms with Crippen molar-refractivity contribution in [3.05, 3.63) is 36.7 Å². The second-order valence-electron chi connectivity index (χ2n) is 3.58. The van der Waals surface area contributed by atoms with Crippen molar-refractivity contribution in [3.8, 4) is 11.3 Å². The molecule has 1 aromatic carbocycles. The van der Waals surface area contributed by atoms with Crippen molar-refractivity contribution in [3.63, 3.8) is 0 Å². The highest BCUT2D eigenvalue weighted by molar-refractivity contribution is 7.98. The van der Waals surface area contributed by atoms with Crippen molar-refractivity contribution in [2.24, 2.45) is 0 Å².